The predicted molar refractivity (Wildman–Crippen MR) is 80.1 cm³/mol. The molecule has 1 aliphatic rings. The second-order valence-electron chi connectivity index (χ2n) is 5.15. The molecule has 1 heterocycles. The number of thioether (sulfide) groups is 1. The van der Waals surface area contributed by atoms with Crippen LogP contribution >= 0.6 is 11.8 Å². The van der Waals surface area contributed by atoms with Crippen LogP contribution in [0.1, 0.15) is 32.0 Å². The van der Waals surface area contributed by atoms with Gasteiger partial charge >= 0.3 is 0 Å². The van der Waals surface area contributed by atoms with Crippen molar-refractivity contribution in [2.45, 2.75) is 37.4 Å². The highest BCUT2D eigenvalue weighted by Gasteiger charge is 2.39. The zero-order valence-electron chi connectivity index (χ0n) is 12.0. The Balaban J connectivity index is 2.18. The zero-order valence-corrected chi connectivity index (χ0v) is 12.8. The topological polar surface area (TPSA) is 32.3 Å². The van der Waals surface area contributed by atoms with Gasteiger partial charge in [-0.1, -0.05) is 32.4 Å². The van der Waals surface area contributed by atoms with Gasteiger partial charge in [-0.25, -0.2) is 0 Å². The van der Waals surface area contributed by atoms with Gasteiger partial charge in [0.2, 0.25) is 5.91 Å². The summed E-state index contributed by atoms with van der Waals surface area (Å²) in [6.07, 6.45) is 3.08. The molecule has 3 atom stereocenters. The van der Waals surface area contributed by atoms with Gasteiger partial charge in [0.1, 0.15) is 6.17 Å². The summed E-state index contributed by atoms with van der Waals surface area (Å²) in [6, 6.07) is 8.37. The van der Waals surface area contributed by atoms with Gasteiger partial charge < -0.3 is 4.90 Å². The van der Waals surface area contributed by atoms with Gasteiger partial charge in [0.25, 0.3) is 0 Å². The normalized spacial score (nSPS) is 24.8. The van der Waals surface area contributed by atoms with Crippen LogP contribution in [0.2, 0.25) is 0 Å². The molecule has 1 saturated heterocycles. The van der Waals surface area contributed by atoms with Crippen molar-refractivity contribution in [3.63, 3.8) is 0 Å². The Labute approximate surface area is 119 Å². The third-order valence-corrected chi connectivity index (χ3v) is 4.73. The van der Waals surface area contributed by atoms with E-state index in [1.165, 1.54) is 4.90 Å². The Kier molecular flexibility index (Phi) is 4.53. The van der Waals surface area contributed by atoms with Crippen LogP contribution in [-0.2, 0) is 4.79 Å². The monoisotopic (exact) mass is 278 g/mol. The third-order valence-electron chi connectivity index (χ3n) is 3.98. The van der Waals surface area contributed by atoms with Crippen molar-refractivity contribution in [1.29, 1.82) is 0 Å². The van der Waals surface area contributed by atoms with Gasteiger partial charge in [0.05, 0.1) is 6.04 Å². The van der Waals surface area contributed by atoms with Crippen molar-refractivity contribution in [3.8, 4) is 0 Å². The number of likely N-dealkylation sites (N-methyl/N-ethyl adjacent to an activating group) is 1. The van der Waals surface area contributed by atoms with E-state index < -0.39 is 0 Å². The molecular weight excluding hydrogens is 256 g/mol. The molecule has 0 spiro atoms. The predicted octanol–water partition coefficient (Wildman–Crippen LogP) is 2.88. The van der Waals surface area contributed by atoms with Crippen LogP contribution in [0.5, 0.6) is 0 Å². The molecule has 19 heavy (non-hydrogen) atoms. The first-order chi connectivity index (χ1) is 9.08. The number of amides is 1. The van der Waals surface area contributed by atoms with E-state index in [1.807, 2.05) is 11.9 Å². The van der Waals surface area contributed by atoms with Crippen LogP contribution in [0.15, 0.2) is 29.2 Å². The molecule has 3 nitrogen and oxygen atoms in total. The Bertz CT molecular complexity index is 446. The van der Waals surface area contributed by atoms with E-state index in [0.29, 0.717) is 5.92 Å². The largest absolute Gasteiger partial charge is 0.325 e. The summed E-state index contributed by atoms with van der Waals surface area (Å²) in [5.74, 6) is 0.568. The molecule has 1 N–H and O–H groups in total. The number of carbonyl (C=O) groups is 1. The van der Waals surface area contributed by atoms with Crippen molar-refractivity contribution >= 4 is 17.7 Å². The summed E-state index contributed by atoms with van der Waals surface area (Å²) >= 11 is 1.73. The second kappa shape index (κ2) is 5.97. The van der Waals surface area contributed by atoms with E-state index >= 15 is 0 Å². The number of hydrogen-bond acceptors (Lipinski definition) is 3. The maximum absolute atomic E-state index is 12.3. The molecule has 4 heteroatoms. The molecule has 1 amide bonds. The van der Waals surface area contributed by atoms with Crippen LogP contribution in [0.3, 0.4) is 0 Å². The minimum atomic E-state index is -0.0553. The number of carbonyl (C=O) groups excluding carboxylic acids is 1. The van der Waals surface area contributed by atoms with E-state index in [4.69, 9.17) is 0 Å². The lowest BCUT2D eigenvalue weighted by Crippen LogP contribution is -2.35. The number of nitrogens with one attached hydrogen (secondary N) is 1. The van der Waals surface area contributed by atoms with Gasteiger partial charge in [-0.15, -0.1) is 11.8 Å². The van der Waals surface area contributed by atoms with E-state index in [0.717, 1.165) is 12.0 Å². The average molecular weight is 278 g/mol. The molecule has 0 radical (unpaired) electrons. The minimum Gasteiger partial charge on any atom is -0.325 e. The quantitative estimate of drug-likeness (QED) is 0.860. The molecule has 0 bridgehead atoms. The number of nitrogens with zero attached hydrogens (tertiary/aromatic N) is 1. The van der Waals surface area contributed by atoms with Crippen molar-refractivity contribution in [2.24, 2.45) is 5.92 Å². The minimum absolute atomic E-state index is 0.00223. The SMILES string of the molecule is CCC(C)C1NC(c2ccc(SC)cc2)N(C)C1=O. The first-order valence-corrected chi connectivity index (χ1v) is 7.97. The lowest BCUT2D eigenvalue weighted by molar-refractivity contribution is -0.129. The summed E-state index contributed by atoms with van der Waals surface area (Å²) in [6.45, 7) is 4.25. The van der Waals surface area contributed by atoms with Gasteiger partial charge in [0.15, 0.2) is 0 Å². The highest BCUT2D eigenvalue weighted by molar-refractivity contribution is 7.98. The molecule has 1 aromatic rings. The average Bonchev–Trinajstić information content (AvgIpc) is 2.75. The Morgan fingerprint density at radius 3 is 2.53 bits per heavy atom. The number of rotatable bonds is 4. The molecule has 1 aliphatic heterocycles. The summed E-state index contributed by atoms with van der Waals surface area (Å²) in [5, 5.41) is 3.46. The highest BCUT2D eigenvalue weighted by atomic mass is 32.2. The molecule has 0 aromatic heterocycles. The summed E-state index contributed by atoms with van der Waals surface area (Å²) in [7, 11) is 1.88. The van der Waals surface area contributed by atoms with Crippen molar-refractivity contribution < 1.29 is 4.79 Å². The lowest BCUT2D eigenvalue weighted by Gasteiger charge is -2.20. The van der Waals surface area contributed by atoms with Gasteiger partial charge in [0, 0.05) is 11.9 Å². The molecule has 1 fully saturated rings. The van der Waals surface area contributed by atoms with E-state index in [-0.39, 0.29) is 18.1 Å². The first kappa shape index (κ1) is 14.4. The van der Waals surface area contributed by atoms with E-state index in [9.17, 15) is 4.79 Å². The fourth-order valence-corrected chi connectivity index (χ4v) is 2.86. The third kappa shape index (κ3) is 2.79. The number of benzene rings is 1. The molecule has 0 saturated carbocycles. The molecule has 0 aliphatic carbocycles. The highest BCUT2D eigenvalue weighted by Crippen LogP contribution is 2.28. The fourth-order valence-electron chi connectivity index (χ4n) is 2.45. The Morgan fingerprint density at radius 2 is 2.00 bits per heavy atom. The van der Waals surface area contributed by atoms with Gasteiger partial charge in [-0.2, -0.15) is 0 Å². The number of hydrogen-bond donors (Lipinski definition) is 1. The molecule has 1 aromatic carbocycles. The second-order valence-corrected chi connectivity index (χ2v) is 6.03. The van der Waals surface area contributed by atoms with Gasteiger partial charge in [-0.3, -0.25) is 10.1 Å². The fraction of sp³-hybridized carbons (Fsp3) is 0.533. The molecule has 2 rings (SSSR count). The lowest BCUT2D eigenvalue weighted by atomic mass is 9.99. The van der Waals surface area contributed by atoms with Crippen molar-refractivity contribution in [2.75, 3.05) is 13.3 Å². The van der Waals surface area contributed by atoms with Crippen LogP contribution in [-0.4, -0.2) is 30.2 Å². The molecule has 104 valence electrons. The smallest absolute Gasteiger partial charge is 0.241 e. The first-order valence-electron chi connectivity index (χ1n) is 6.75. The maximum atomic E-state index is 12.3. The Morgan fingerprint density at radius 1 is 1.37 bits per heavy atom. The van der Waals surface area contributed by atoms with Crippen molar-refractivity contribution in [3.05, 3.63) is 29.8 Å². The van der Waals surface area contributed by atoms with E-state index in [2.05, 4.69) is 49.7 Å². The van der Waals surface area contributed by atoms with E-state index in [1.54, 1.807) is 11.8 Å². The summed E-state index contributed by atoms with van der Waals surface area (Å²) in [5.41, 5.74) is 1.15. The van der Waals surface area contributed by atoms with Crippen LogP contribution in [0, 0.1) is 5.92 Å². The molecule has 3 unspecified atom stereocenters. The van der Waals surface area contributed by atoms with Crippen LogP contribution in [0.4, 0.5) is 0 Å². The Hall–Kier alpha value is -1.00. The summed E-state index contributed by atoms with van der Waals surface area (Å²) in [4.78, 5) is 15.3. The van der Waals surface area contributed by atoms with Crippen LogP contribution in [0.25, 0.3) is 0 Å². The van der Waals surface area contributed by atoms with Crippen LogP contribution < -0.4 is 5.32 Å². The maximum Gasteiger partial charge on any atom is 0.241 e. The summed E-state index contributed by atoms with van der Waals surface area (Å²) < 4.78 is 0. The standard InChI is InChI=1S/C15H22N2OS/c1-5-10(2)13-15(18)17(3)14(16-13)11-6-8-12(19-4)9-7-11/h6-10,13-14,16H,5H2,1-4H3. The van der Waals surface area contributed by atoms with Crippen molar-refractivity contribution in [1.82, 2.24) is 10.2 Å². The zero-order chi connectivity index (χ0) is 14.0. The van der Waals surface area contributed by atoms with Gasteiger partial charge in [-0.05, 0) is 29.9 Å². The molecular formula is C15H22N2OS.